The maximum Gasteiger partial charge on any atom is 0.414 e. The zero-order valence-corrected chi connectivity index (χ0v) is 20.7. The summed E-state index contributed by atoms with van der Waals surface area (Å²) in [6.45, 7) is 7.65. The van der Waals surface area contributed by atoms with Gasteiger partial charge >= 0.3 is 6.18 Å². The van der Waals surface area contributed by atoms with Crippen molar-refractivity contribution in [2.24, 2.45) is 21.8 Å². The second-order valence-electron chi connectivity index (χ2n) is 9.65. The zero-order chi connectivity index (χ0) is 24.4. The molecule has 0 aromatic carbocycles. The van der Waals surface area contributed by atoms with E-state index in [1.165, 1.54) is 6.42 Å². The average Bonchev–Trinajstić information content (AvgIpc) is 3.60. The smallest absolute Gasteiger partial charge is 0.381 e. The first-order chi connectivity index (χ1) is 15.6. The maximum atomic E-state index is 14.0. The molecule has 1 atom stereocenters. The number of rotatable bonds is 10. The Balaban J connectivity index is 2.32. The van der Waals surface area contributed by atoms with Crippen molar-refractivity contribution < 1.29 is 13.2 Å². The Morgan fingerprint density at radius 1 is 1.15 bits per heavy atom. The monoisotopic (exact) mass is 466 g/mol. The molecule has 2 saturated carbocycles. The zero-order valence-electron chi connectivity index (χ0n) is 20.7. The van der Waals surface area contributed by atoms with Crippen LogP contribution in [0, 0.1) is 11.8 Å². The van der Waals surface area contributed by atoms with Gasteiger partial charge in [-0.05, 0) is 56.2 Å². The van der Waals surface area contributed by atoms with E-state index in [0.717, 1.165) is 68.8 Å². The molecule has 0 heterocycles. The first-order valence-corrected chi connectivity index (χ1v) is 12.3. The molecule has 186 valence electrons. The summed E-state index contributed by atoms with van der Waals surface area (Å²) in [6.07, 6.45) is 9.59. The molecule has 4 nitrogen and oxygen atoms in total. The van der Waals surface area contributed by atoms with E-state index in [1.807, 2.05) is 31.1 Å². The molecular weight excluding hydrogens is 425 g/mol. The van der Waals surface area contributed by atoms with Crippen LogP contribution in [-0.4, -0.2) is 43.9 Å². The van der Waals surface area contributed by atoms with Crippen LogP contribution in [0.15, 0.2) is 45.2 Å². The second-order valence-corrected chi connectivity index (χ2v) is 9.65. The fraction of sp³-hybridized carbons (Fsp3) is 0.692. The summed E-state index contributed by atoms with van der Waals surface area (Å²) in [6, 6.07) is 0.0993. The predicted octanol–water partition coefficient (Wildman–Crippen LogP) is 7.02. The molecule has 0 saturated heterocycles. The molecule has 0 bridgehead atoms. The molecule has 0 aromatic heterocycles. The SMILES string of the molecule is C=NC(=NC1CCCCC1)N/C=C(\CC(/C=C/C(C)CC)=C(\CC1CC1)N(C)C)C(F)(F)F. The lowest BCUT2D eigenvalue weighted by Gasteiger charge is -2.23. The summed E-state index contributed by atoms with van der Waals surface area (Å²) in [7, 11) is 3.83. The highest BCUT2D eigenvalue weighted by atomic mass is 19.4. The highest BCUT2D eigenvalue weighted by Gasteiger charge is 2.35. The first kappa shape index (κ1) is 27.2. The predicted molar refractivity (Wildman–Crippen MR) is 132 cm³/mol. The number of aliphatic imine (C=N–C) groups is 2. The molecule has 0 aromatic rings. The molecule has 33 heavy (non-hydrogen) atoms. The minimum atomic E-state index is -4.46. The Morgan fingerprint density at radius 3 is 2.33 bits per heavy atom. The fourth-order valence-electron chi connectivity index (χ4n) is 3.97. The van der Waals surface area contributed by atoms with Gasteiger partial charge < -0.3 is 10.2 Å². The normalized spacial score (nSPS) is 20.6. The quantitative estimate of drug-likeness (QED) is 0.213. The van der Waals surface area contributed by atoms with Crippen LogP contribution < -0.4 is 5.32 Å². The van der Waals surface area contributed by atoms with E-state index in [4.69, 9.17) is 0 Å². The maximum absolute atomic E-state index is 14.0. The molecule has 0 spiro atoms. The van der Waals surface area contributed by atoms with E-state index in [2.05, 4.69) is 35.9 Å². The van der Waals surface area contributed by atoms with Gasteiger partial charge in [0.25, 0.3) is 0 Å². The summed E-state index contributed by atoms with van der Waals surface area (Å²) >= 11 is 0. The largest absolute Gasteiger partial charge is 0.414 e. The van der Waals surface area contributed by atoms with Gasteiger partial charge in [0.15, 0.2) is 0 Å². The fourth-order valence-corrected chi connectivity index (χ4v) is 3.97. The van der Waals surface area contributed by atoms with Crippen molar-refractivity contribution in [1.82, 2.24) is 10.2 Å². The van der Waals surface area contributed by atoms with Crippen LogP contribution >= 0.6 is 0 Å². The van der Waals surface area contributed by atoms with E-state index in [0.29, 0.717) is 11.8 Å². The number of allylic oxidation sites excluding steroid dienone is 5. The molecule has 2 aliphatic rings. The molecule has 1 N–H and O–H groups in total. The minimum Gasteiger partial charge on any atom is -0.381 e. The highest BCUT2D eigenvalue weighted by Crippen LogP contribution is 2.39. The van der Waals surface area contributed by atoms with Crippen LogP contribution in [0.2, 0.25) is 0 Å². The number of guanidine groups is 1. The second kappa shape index (κ2) is 13.0. The molecule has 2 aliphatic carbocycles. The van der Waals surface area contributed by atoms with Crippen LogP contribution in [0.3, 0.4) is 0 Å². The summed E-state index contributed by atoms with van der Waals surface area (Å²) in [4.78, 5) is 10.3. The Morgan fingerprint density at radius 2 is 1.82 bits per heavy atom. The van der Waals surface area contributed by atoms with E-state index in [9.17, 15) is 13.2 Å². The molecule has 2 rings (SSSR count). The molecule has 7 heteroatoms. The van der Waals surface area contributed by atoms with Crippen molar-refractivity contribution in [3.05, 3.63) is 35.2 Å². The molecular formula is C26H41F3N4. The Hall–Kier alpha value is -2.05. The van der Waals surface area contributed by atoms with Crippen LogP contribution in [-0.2, 0) is 0 Å². The molecule has 0 amide bonds. The third-order valence-corrected chi connectivity index (χ3v) is 6.51. The van der Waals surface area contributed by atoms with Crippen molar-refractivity contribution in [3.63, 3.8) is 0 Å². The lowest BCUT2D eigenvalue weighted by Crippen LogP contribution is -2.23. The lowest BCUT2D eigenvalue weighted by molar-refractivity contribution is -0.0934. The third-order valence-electron chi connectivity index (χ3n) is 6.51. The van der Waals surface area contributed by atoms with Gasteiger partial charge in [0.1, 0.15) is 0 Å². The van der Waals surface area contributed by atoms with Gasteiger partial charge in [-0.1, -0.05) is 51.7 Å². The Bertz CT molecular complexity index is 752. The standard InChI is InChI=1S/C26H41F3N4/c1-6-19(2)12-15-21(24(33(4)5)16-20-13-14-20)17-22(26(27,28)29)18-31-25(30-3)32-23-10-8-7-9-11-23/h12,15,18-20,23H,3,6-11,13-14,16-17H2,1-2,4-5H3,(H,31,32)/b15-12+,22-18+,24-21+. The lowest BCUT2D eigenvalue weighted by atomic mass is 9.96. The number of hydrogen-bond donors (Lipinski definition) is 1. The van der Waals surface area contributed by atoms with E-state index >= 15 is 0 Å². The summed E-state index contributed by atoms with van der Waals surface area (Å²) in [5, 5.41) is 2.70. The first-order valence-electron chi connectivity index (χ1n) is 12.3. The van der Waals surface area contributed by atoms with Crippen molar-refractivity contribution in [2.75, 3.05) is 14.1 Å². The van der Waals surface area contributed by atoms with Crippen LogP contribution in [0.1, 0.15) is 78.1 Å². The van der Waals surface area contributed by atoms with Gasteiger partial charge in [0.2, 0.25) is 5.96 Å². The Labute approximate surface area is 197 Å². The number of alkyl halides is 3. The van der Waals surface area contributed by atoms with Crippen molar-refractivity contribution in [1.29, 1.82) is 0 Å². The molecule has 0 aliphatic heterocycles. The number of hydrogen-bond acceptors (Lipinski definition) is 2. The van der Waals surface area contributed by atoms with Crippen LogP contribution in [0.25, 0.3) is 0 Å². The van der Waals surface area contributed by atoms with Gasteiger partial charge in [-0.15, -0.1) is 0 Å². The number of nitrogens with zero attached hydrogens (tertiary/aromatic N) is 3. The van der Waals surface area contributed by atoms with Crippen LogP contribution in [0.4, 0.5) is 13.2 Å². The van der Waals surface area contributed by atoms with E-state index in [-0.39, 0.29) is 18.4 Å². The molecule has 1 unspecified atom stereocenters. The summed E-state index contributed by atoms with van der Waals surface area (Å²) < 4.78 is 42.1. The topological polar surface area (TPSA) is 40.0 Å². The van der Waals surface area contributed by atoms with E-state index in [1.54, 1.807) is 0 Å². The van der Waals surface area contributed by atoms with Crippen LogP contribution in [0.5, 0.6) is 0 Å². The van der Waals surface area contributed by atoms with Crippen molar-refractivity contribution >= 4 is 12.7 Å². The summed E-state index contributed by atoms with van der Waals surface area (Å²) in [5.41, 5.74) is 1.06. The van der Waals surface area contributed by atoms with E-state index < -0.39 is 11.7 Å². The van der Waals surface area contributed by atoms with Gasteiger partial charge in [-0.2, -0.15) is 13.2 Å². The minimum absolute atomic E-state index is 0.0993. The molecule has 2 fully saturated rings. The highest BCUT2D eigenvalue weighted by molar-refractivity contribution is 5.85. The van der Waals surface area contributed by atoms with Gasteiger partial charge in [0, 0.05) is 32.4 Å². The van der Waals surface area contributed by atoms with Crippen molar-refractivity contribution in [3.8, 4) is 0 Å². The van der Waals surface area contributed by atoms with Gasteiger partial charge in [-0.25, -0.2) is 9.98 Å². The molecule has 0 radical (unpaired) electrons. The van der Waals surface area contributed by atoms with Gasteiger partial charge in [-0.3, -0.25) is 0 Å². The third kappa shape index (κ3) is 9.76. The Kier molecular flexibility index (Phi) is 10.7. The number of halogens is 3. The average molecular weight is 467 g/mol. The number of nitrogens with one attached hydrogen (secondary N) is 1. The summed E-state index contributed by atoms with van der Waals surface area (Å²) in [5.74, 6) is 1.04. The van der Waals surface area contributed by atoms with Crippen molar-refractivity contribution in [2.45, 2.75) is 90.3 Å². The van der Waals surface area contributed by atoms with Gasteiger partial charge in [0.05, 0.1) is 11.6 Å².